The van der Waals surface area contributed by atoms with E-state index in [0.717, 1.165) is 23.5 Å². The molecule has 232 valence electrons. The standard InChI is InChI=1S/C30H34N6O7S/c1-3-35(15-17-37)22-9-5-20(6-10-22)31-33-27-25-14-13-24(44(41,42)43)19-26(25)28(30(40)29(27)39)34-32-21-7-11-23(12-8-21)36(4-2)16-18-38/h5-14,19,31-32,37-38H,3-4,15-18H2,1-2H3,(H,41,42,43). The molecule has 0 radical (unpaired) electrons. The number of nitrogens with one attached hydrogen (secondary N) is 2. The Kier molecular flexibility index (Phi) is 10.4. The van der Waals surface area contributed by atoms with Crippen LogP contribution in [0.4, 0.5) is 22.7 Å². The second-order valence-electron chi connectivity index (χ2n) is 9.69. The van der Waals surface area contributed by atoms with Crippen LogP contribution in [0.3, 0.4) is 0 Å². The number of likely N-dealkylation sites (N-methyl/N-ethyl adjacent to an activating group) is 2. The van der Waals surface area contributed by atoms with Crippen molar-refractivity contribution in [3.8, 4) is 0 Å². The van der Waals surface area contributed by atoms with Crippen LogP contribution < -0.4 is 42.2 Å². The van der Waals surface area contributed by atoms with Crippen LogP contribution in [0, 0.1) is 0 Å². The molecule has 0 aromatic heterocycles. The summed E-state index contributed by atoms with van der Waals surface area (Å²) in [5.74, 6) is 0. The summed E-state index contributed by atoms with van der Waals surface area (Å²) in [6.07, 6.45) is 0. The zero-order valence-corrected chi connectivity index (χ0v) is 25.1. The first kappa shape index (κ1) is 32.3. The molecule has 44 heavy (non-hydrogen) atoms. The first-order valence-electron chi connectivity index (χ1n) is 13.9. The molecule has 4 aromatic rings. The van der Waals surface area contributed by atoms with Crippen molar-refractivity contribution in [1.82, 2.24) is 0 Å². The van der Waals surface area contributed by atoms with Crippen LogP contribution in [-0.4, -0.2) is 62.6 Å². The minimum Gasteiger partial charge on any atom is -0.395 e. The predicted octanol–water partition coefficient (Wildman–Crippen LogP) is 1.18. The fourth-order valence-electron chi connectivity index (χ4n) is 4.68. The Morgan fingerprint density at radius 2 is 1.11 bits per heavy atom. The van der Waals surface area contributed by atoms with Crippen LogP contribution in [0.1, 0.15) is 13.8 Å². The highest BCUT2D eigenvalue weighted by atomic mass is 32.2. The van der Waals surface area contributed by atoms with Crippen LogP contribution in [0.15, 0.2) is 91.4 Å². The number of anilines is 4. The van der Waals surface area contributed by atoms with Gasteiger partial charge in [-0.05, 0) is 74.5 Å². The van der Waals surface area contributed by atoms with Crippen molar-refractivity contribution in [2.45, 2.75) is 18.7 Å². The van der Waals surface area contributed by atoms with Crippen molar-refractivity contribution in [3.05, 3.63) is 97.9 Å². The van der Waals surface area contributed by atoms with Gasteiger partial charge in [0, 0.05) is 48.3 Å². The molecule has 13 nitrogen and oxygen atoms in total. The molecule has 0 spiro atoms. The van der Waals surface area contributed by atoms with Crippen molar-refractivity contribution in [2.24, 2.45) is 10.2 Å². The van der Waals surface area contributed by atoms with Crippen molar-refractivity contribution < 1.29 is 23.2 Å². The van der Waals surface area contributed by atoms with Gasteiger partial charge in [-0.25, -0.2) is 0 Å². The molecule has 0 aliphatic heterocycles. The molecular formula is C30H34N6O7S. The van der Waals surface area contributed by atoms with Gasteiger partial charge in [-0.1, -0.05) is 6.07 Å². The van der Waals surface area contributed by atoms with Gasteiger partial charge in [-0.15, -0.1) is 0 Å². The number of aliphatic hydroxyl groups is 2. The average molecular weight is 623 g/mol. The van der Waals surface area contributed by atoms with Crippen molar-refractivity contribution in [3.63, 3.8) is 0 Å². The normalized spacial score (nSPS) is 12.5. The lowest BCUT2D eigenvalue weighted by Crippen LogP contribution is -2.48. The lowest BCUT2D eigenvalue weighted by molar-refractivity contribution is 0.302. The molecule has 5 N–H and O–H groups in total. The van der Waals surface area contributed by atoms with E-state index in [0.29, 0.717) is 37.6 Å². The van der Waals surface area contributed by atoms with Crippen LogP contribution in [0.25, 0.3) is 10.8 Å². The number of benzene rings is 4. The summed E-state index contributed by atoms with van der Waals surface area (Å²) in [5.41, 5.74) is 6.28. The van der Waals surface area contributed by atoms with Gasteiger partial charge in [-0.3, -0.25) is 25.0 Å². The van der Waals surface area contributed by atoms with Gasteiger partial charge in [0.25, 0.3) is 21.0 Å². The van der Waals surface area contributed by atoms with Gasteiger partial charge in [0.1, 0.15) is 10.7 Å². The maximum Gasteiger partial charge on any atom is 0.294 e. The number of nitrogens with zero attached hydrogens (tertiary/aromatic N) is 4. The first-order valence-corrected chi connectivity index (χ1v) is 15.4. The summed E-state index contributed by atoms with van der Waals surface area (Å²) >= 11 is 0. The number of hydrogen-bond donors (Lipinski definition) is 5. The van der Waals surface area contributed by atoms with Gasteiger partial charge < -0.3 is 20.0 Å². The molecular weight excluding hydrogens is 588 g/mol. The molecule has 0 bridgehead atoms. The molecule has 0 unspecified atom stereocenters. The summed E-state index contributed by atoms with van der Waals surface area (Å²) in [4.78, 5) is 29.9. The third-order valence-corrected chi connectivity index (χ3v) is 7.85. The Hall–Kier alpha value is -4.63. The number of hydrogen-bond acceptors (Lipinski definition) is 12. The van der Waals surface area contributed by atoms with E-state index >= 15 is 0 Å². The Morgan fingerprint density at radius 3 is 1.50 bits per heavy atom. The fourth-order valence-corrected chi connectivity index (χ4v) is 5.19. The fraction of sp³-hybridized carbons (Fsp3) is 0.267. The van der Waals surface area contributed by atoms with E-state index < -0.39 is 25.9 Å². The Bertz CT molecular complexity index is 1940. The van der Waals surface area contributed by atoms with Crippen LogP contribution in [-0.2, 0) is 10.1 Å². The molecule has 0 saturated heterocycles. The Balaban J connectivity index is 1.77. The van der Waals surface area contributed by atoms with Gasteiger partial charge in [-0.2, -0.15) is 18.6 Å². The summed E-state index contributed by atoms with van der Waals surface area (Å²) in [5, 5.41) is 26.4. The van der Waals surface area contributed by atoms with Gasteiger partial charge in [0.05, 0.1) is 29.5 Å². The molecule has 0 fully saturated rings. The highest BCUT2D eigenvalue weighted by Crippen LogP contribution is 2.19. The minimum absolute atomic E-state index is 0.00118. The maximum absolute atomic E-state index is 13.3. The first-order chi connectivity index (χ1) is 21.1. The lowest BCUT2D eigenvalue weighted by Gasteiger charge is -2.22. The molecule has 0 heterocycles. The van der Waals surface area contributed by atoms with Crippen molar-refractivity contribution >= 4 is 43.6 Å². The van der Waals surface area contributed by atoms with Gasteiger partial charge >= 0.3 is 0 Å². The average Bonchev–Trinajstić information content (AvgIpc) is 3.02. The van der Waals surface area contributed by atoms with Crippen LogP contribution in [0.2, 0.25) is 0 Å². The number of aliphatic hydroxyl groups excluding tert-OH is 2. The van der Waals surface area contributed by atoms with E-state index in [1.54, 1.807) is 36.4 Å². The molecule has 14 heteroatoms. The van der Waals surface area contributed by atoms with Crippen molar-refractivity contribution in [1.29, 1.82) is 0 Å². The second-order valence-corrected chi connectivity index (χ2v) is 11.1. The van der Waals surface area contributed by atoms with Crippen LogP contribution in [0.5, 0.6) is 0 Å². The number of rotatable bonds is 13. The third kappa shape index (κ3) is 7.29. The monoisotopic (exact) mass is 622 g/mol. The van der Waals surface area contributed by atoms with E-state index in [1.165, 1.54) is 6.07 Å². The lowest BCUT2D eigenvalue weighted by atomic mass is 10.1. The topological polar surface area (TPSA) is 184 Å². The zero-order valence-electron chi connectivity index (χ0n) is 24.3. The summed E-state index contributed by atoms with van der Waals surface area (Å²) in [7, 11) is -4.64. The predicted molar refractivity (Wildman–Crippen MR) is 170 cm³/mol. The molecule has 0 aliphatic carbocycles. The smallest absolute Gasteiger partial charge is 0.294 e. The molecule has 4 aromatic carbocycles. The van der Waals surface area contributed by atoms with Crippen LogP contribution >= 0.6 is 0 Å². The van der Waals surface area contributed by atoms with Crippen molar-refractivity contribution in [2.75, 3.05) is 60.0 Å². The molecule has 0 amide bonds. The molecule has 4 rings (SSSR count). The van der Waals surface area contributed by atoms with E-state index in [1.807, 2.05) is 35.8 Å². The highest BCUT2D eigenvalue weighted by molar-refractivity contribution is 7.85. The summed E-state index contributed by atoms with van der Waals surface area (Å²) in [6.45, 7) is 6.24. The van der Waals surface area contributed by atoms with E-state index in [9.17, 15) is 32.8 Å². The Labute approximate surface area is 253 Å². The minimum atomic E-state index is -4.64. The summed E-state index contributed by atoms with van der Waals surface area (Å²) < 4.78 is 33.5. The largest absolute Gasteiger partial charge is 0.395 e. The van der Waals surface area contributed by atoms with E-state index in [-0.39, 0.29) is 34.7 Å². The molecule has 0 atom stereocenters. The maximum atomic E-state index is 13.3. The SMILES string of the molecule is CCN(CCO)c1ccc(NN=c2c(=O)c(=O)c(=NNc3ccc(N(CC)CCO)cc3)c3cc(S(=O)(=O)O)ccc23)cc1. The molecule has 0 aliphatic rings. The third-order valence-electron chi connectivity index (χ3n) is 7.00. The van der Waals surface area contributed by atoms with Gasteiger partial charge in [0.2, 0.25) is 0 Å². The number of fused-ring (bicyclic) bond motifs is 1. The molecule has 0 saturated carbocycles. The quantitative estimate of drug-likeness (QED) is 0.0819. The second kappa shape index (κ2) is 14.2. The highest BCUT2D eigenvalue weighted by Gasteiger charge is 2.16. The van der Waals surface area contributed by atoms with Gasteiger partial charge in [0.15, 0.2) is 0 Å². The van der Waals surface area contributed by atoms with E-state index in [4.69, 9.17) is 0 Å². The van der Waals surface area contributed by atoms with E-state index in [2.05, 4.69) is 21.1 Å². The zero-order chi connectivity index (χ0) is 31.9. The summed E-state index contributed by atoms with van der Waals surface area (Å²) in [6, 6.07) is 17.6. The Morgan fingerprint density at radius 1 is 0.682 bits per heavy atom.